The Morgan fingerprint density at radius 2 is 2.05 bits per heavy atom. The molecule has 0 bridgehead atoms. The molecule has 0 saturated carbocycles. The molecular weight excluding hydrogens is 302 g/mol. The summed E-state index contributed by atoms with van der Waals surface area (Å²) in [5.41, 5.74) is 1.97. The number of fused-ring (bicyclic) bond motifs is 1. The Balaban J connectivity index is 2.08. The molecule has 4 nitrogen and oxygen atoms in total. The van der Waals surface area contributed by atoms with Crippen LogP contribution >= 0.6 is 11.6 Å². The largest absolute Gasteiger partial charge is 0.496 e. The predicted molar refractivity (Wildman–Crippen MR) is 84.1 cm³/mol. The molecule has 0 N–H and O–H groups in total. The molecule has 2 aromatic rings. The van der Waals surface area contributed by atoms with Crippen LogP contribution in [-0.2, 0) is 0 Å². The van der Waals surface area contributed by atoms with Crippen LogP contribution in [0.4, 0.5) is 0 Å². The van der Waals surface area contributed by atoms with Crippen LogP contribution in [0.2, 0.25) is 5.02 Å². The van der Waals surface area contributed by atoms with Crippen molar-refractivity contribution in [1.82, 2.24) is 0 Å². The monoisotopic (exact) mass is 313 g/mol. The Morgan fingerprint density at radius 3 is 2.73 bits per heavy atom. The zero-order valence-electron chi connectivity index (χ0n) is 11.8. The van der Waals surface area contributed by atoms with Crippen molar-refractivity contribution in [2.45, 2.75) is 0 Å². The van der Waals surface area contributed by atoms with Crippen LogP contribution in [-0.4, -0.2) is 13.9 Å². The number of rotatable bonds is 3. The van der Waals surface area contributed by atoms with Gasteiger partial charge in [-0.3, -0.25) is 0 Å². The number of benzene rings is 2. The molecule has 1 aliphatic rings. The van der Waals surface area contributed by atoms with Gasteiger partial charge >= 0.3 is 0 Å². The Bertz CT molecular complexity index is 793. The number of hydrogen-bond acceptors (Lipinski definition) is 4. The molecule has 110 valence electrons. The quantitative estimate of drug-likeness (QED) is 0.631. The smallest absolute Gasteiger partial charge is 0.231 e. The molecule has 0 spiro atoms. The van der Waals surface area contributed by atoms with Crippen molar-refractivity contribution >= 4 is 23.3 Å². The maximum Gasteiger partial charge on any atom is 0.231 e. The van der Waals surface area contributed by atoms with Gasteiger partial charge in [0.1, 0.15) is 5.75 Å². The summed E-state index contributed by atoms with van der Waals surface area (Å²) in [7, 11) is 1.57. The summed E-state index contributed by atoms with van der Waals surface area (Å²) >= 11 is 5.99. The fraction of sp³-hybridized carbons (Fsp3) is 0.118. The van der Waals surface area contributed by atoms with Gasteiger partial charge in [-0.25, -0.2) is 0 Å². The van der Waals surface area contributed by atoms with Gasteiger partial charge in [0.15, 0.2) is 11.5 Å². The maximum absolute atomic E-state index is 9.43. The molecule has 0 unspecified atom stereocenters. The molecule has 0 aromatic heterocycles. The van der Waals surface area contributed by atoms with E-state index in [0.717, 1.165) is 11.1 Å². The zero-order valence-corrected chi connectivity index (χ0v) is 12.6. The van der Waals surface area contributed by atoms with Crippen LogP contribution in [0.25, 0.3) is 11.6 Å². The van der Waals surface area contributed by atoms with Gasteiger partial charge in [0, 0.05) is 16.7 Å². The fourth-order valence-corrected chi connectivity index (χ4v) is 2.41. The van der Waals surface area contributed by atoms with Gasteiger partial charge in [-0.2, -0.15) is 5.26 Å². The summed E-state index contributed by atoms with van der Waals surface area (Å²) in [5, 5.41) is 10.0. The molecule has 0 atom stereocenters. The van der Waals surface area contributed by atoms with E-state index in [9.17, 15) is 5.26 Å². The van der Waals surface area contributed by atoms with Crippen LogP contribution in [0, 0.1) is 11.3 Å². The topological polar surface area (TPSA) is 51.5 Å². The zero-order chi connectivity index (χ0) is 15.5. The van der Waals surface area contributed by atoms with E-state index in [1.165, 1.54) is 0 Å². The van der Waals surface area contributed by atoms with E-state index < -0.39 is 0 Å². The Morgan fingerprint density at radius 1 is 1.27 bits per heavy atom. The van der Waals surface area contributed by atoms with E-state index in [2.05, 4.69) is 6.07 Å². The van der Waals surface area contributed by atoms with E-state index >= 15 is 0 Å². The Labute approximate surface area is 133 Å². The van der Waals surface area contributed by atoms with Crippen molar-refractivity contribution in [3.63, 3.8) is 0 Å². The van der Waals surface area contributed by atoms with Crippen LogP contribution in [0.5, 0.6) is 17.2 Å². The molecule has 3 rings (SSSR count). The third-order valence-corrected chi connectivity index (χ3v) is 3.52. The molecule has 0 amide bonds. The summed E-state index contributed by atoms with van der Waals surface area (Å²) in [5.74, 6) is 1.88. The highest BCUT2D eigenvalue weighted by atomic mass is 35.5. The van der Waals surface area contributed by atoms with Crippen molar-refractivity contribution in [1.29, 1.82) is 5.26 Å². The van der Waals surface area contributed by atoms with Crippen molar-refractivity contribution < 1.29 is 14.2 Å². The highest BCUT2D eigenvalue weighted by Crippen LogP contribution is 2.39. The molecule has 1 aliphatic heterocycles. The van der Waals surface area contributed by atoms with Gasteiger partial charge in [-0.15, -0.1) is 0 Å². The standard InChI is InChI=1S/C17H12ClNO3/c1-20-15-8-17-16(21-10-22-17)7-12(15)5-13(9-19)11-3-2-4-14(18)6-11/h2-8H,10H2,1H3/b13-5+. The first-order valence-corrected chi connectivity index (χ1v) is 6.94. The number of methoxy groups -OCH3 is 1. The van der Waals surface area contributed by atoms with E-state index in [-0.39, 0.29) is 6.79 Å². The summed E-state index contributed by atoms with van der Waals surface area (Å²) in [4.78, 5) is 0. The summed E-state index contributed by atoms with van der Waals surface area (Å²) in [6.45, 7) is 0.186. The second-order valence-corrected chi connectivity index (χ2v) is 5.06. The van der Waals surface area contributed by atoms with Crippen molar-refractivity contribution in [2.24, 2.45) is 0 Å². The fourth-order valence-electron chi connectivity index (χ4n) is 2.22. The lowest BCUT2D eigenvalue weighted by Crippen LogP contribution is -1.92. The normalized spacial score (nSPS) is 12.9. The lowest BCUT2D eigenvalue weighted by atomic mass is 10.0. The van der Waals surface area contributed by atoms with Gasteiger partial charge in [0.2, 0.25) is 6.79 Å². The van der Waals surface area contributed by atoms with E-state index in [4.69, 9.17) is 25.8 Å². The second-order valence-electron chi connectivity index (χ2n) is 4.63. The molecule has 2 aromatic carbocycles. The number of allylic oxidation sites excluding steroid dienone is 1. The first-order valence-electron chi connectivity index (χ1n) is 6.56. The Kier molecular flexibility index (Phi) is 3.90. The van der Waals surface area contributed by atoms with Crippen LogP contribution < -0.4 is 14.2 Å². The molecule has 0 fully saturated rings. The number of nitrogens with zero attached hydrogens (tertiary/aromatic N) is 1. The Hall–Kier alpha value is -2.64. The SMILES string of the molecule is COc1cc2c(cc1/C=C(\C#N)c1cccc(Cl)c1)OCO2. The van der Waals surface area contributed by atoms with Crippen LogP contribution in [0.1, 0.15) is 11.1 Å². The van der Waals surface area contributed by atoms with Gasteiger partial charge in [-0.1, -0.05) is 23.7 Å². The van der Waals surface area contributed by atoms with Gasteiger partial charge in [0.25, 0.3) is 0 Å². The van der Waals surface area contributed by atoms with Crippen molar-refractivity contribution in [2.75, 3.05) is 13.9 Å². The highest BCUT2D eigenvalue weighted by molar-refractivity contribution is 6.30. The molecule has 5 heteroatoms. The number of ether oxygens (including phenoxy) is 3. The van der Waals surface area contributed by atoms with Crippen LogP contribution in [0.3, 0.4) is 0 Å². The molecular formula is C17H12ClNO3. The minimum Gasteiger partial charge on any atom is -0.496 e. The number of hydrogen-bond donors (Lipinski definition) is 0. The average Bonchev–Trinajstić information content (AvgIpc) is 2.98. The number of nitriles is 1. The van der Waals surface area contributed by atoms with E-state index in [0.29, 0.717) is 27.8 Å². The van der Waals surface area contributed by atoms with Gasteiger partial charge in [0.05, 0.1) is 18.8 Å². The minimum atomic E-state index is 0.186. The molecule has 0 aliphatic carbocycles. The predicted octanol–water partition coefficient (Wildman–Crippen LogP) is 4.14. The third kappa shape index (κ3) is 2.72. The second kappa shape index (κ2) is 6.00. The minimum absolute atomic E-state index is 0.186. The maximum atomic E-state index is 9.43. The van der Waals surface area contributed by atoms with Crippen molar-refractivity contribution in [3.05, 3.63) is 52.5 Å². The van der Waals surface area contributed by atoms with Gasteiger partial charge in [-0.05, 0) is 29.8 Å². The van der Waals surface area contributed by atoms with Gasteiger partial charge < -0.3 is 14.2 Å². The average molecular weight is 314 g/mol. The first kappa shape index (κ1) is 14.3. The highest BCUT2D eigenvalue weighted by Gasteiger charge is 2.17. The lowest BCUT2D eigenvalue weighted by molar-refractivity contribution is 0.174. The van der Waals surface area contributed by atoms with Crippen molar-refractivity contribution in [3.8, 4) is 23.3 Å². The summed E-state index contributed by atoms with van der Waals surface area (Å²) in [6, 6.07) is 12.9. The number of halogens is 1. The van der Waals surface area contributed by atoms with E-state index in [1.807, 2.05) is 6.07 Å². The van der Waals surface area contributed by atoms with E-state index in [1.54, 1.807) is 43.5 Å². The summed E-state index contributed by atoms with van der Waals surface area (Å²) < 4.78 is 16.0. The third-order valence-electron chi connectivity index (χ3n) is 3.28. The lowest BCUT2D eigenvalue weighted by Gasteiger charge is -2.07. The molecule has 1 heterocycles. The molecule has 22 heavy (non-hydrogen) atoms. The van der Waals surface area contributed by atoms with Crippen LogP contribution in [0.15, 0.2) is 36.4 Å². The summed E-state index contributed by atoms with van der Waals surface area (Å²) in [6.07, 6.45) is 1.74. The first-order chi connectivity index (χ1) is 10.7. The molecule has 0 radical (unpaired) electrons. The molecule has 0 saturated heterocycles.